The van der Waals surface area contributed by atoms with Crippen molar-refractivity contribution in [2.24, 2.45) is 0 Å². The number of hydrogen-bond acceptors (Lipinski definition) is 4. The summed E-state index contributed by atoms with van der Waals surface area (Å²) in [6.07, 6.45) is 1.21. The highest BCUT2D eigenvalue weighted by molar-refractivity contribution is 9.10. The quantitative estimate of drug-likeness (QED) is 0.858. The Labute approximate surface area is 91.9 Å². The first kappa shape index (κ1) is 11.3. The highest BCUT2D eigenvalue weighted by Gasteiger charge is 2.09. The zero-order chi connectivity index (χ0) is 10.7. The predicted octanol–water partition coefficient (Wildman–Crippen LogP) is 1.24. The van der Waals surface area contributed by atoms with E-state index in [-0.39, 0.29) is 6.10 Å². The van der Waals surface area contributed by atoms with Crippen molar-refractivity contribution >= 4 is 27.4 Å². The van der Waals surface area contributed by atoms with E-state index in [0.717, 1.165) is 10.3 Å². The van der Waals surface area contributed by atoms with E-state index < -0.39 is 0 Å². The number of halogens is 1. The van der Waals surface area contributed by atoms with E-state index in [1.165, 1.54) is 0 Å². The van der Waals surface area contributed by atoms with Crippen molar-refractivity contribution in [1.29, 1.82) is 0 Å². The molecule has 0 fully saturated rings. The van der Waals surface area contributed by atoms with Gasteiger partial charge in [-0.1, -0.05) is 0 Å². The first-order valence-corrected chi connectivity index (χ1v) is 5.10. The van der Waals surface area contributed by atoms with Gasteiger partial charge in [-0.3, -0.25) is 0 Å². The molecule has 0 saturated carbocycles. The van der Waals surface area contributed by atoms with Gasteiger partial charge >= 0.3 is 0 Å². The molecule has 1 heterocycles. The number of nitrogens with zero attached hydrogens (tertiary/aromatic N) is 2. The SMILES string of the molecule is CC(O)CN(C)c1ncc(N)cc1Br. The maximum Gasteiger partial charge on any atom is 0.142 e. The van der Waals surface area contributed by atoms with Gasteiger partial charge in [-0.25, -0.2) is 4.98 Å². The van der Waals surface area contributed by atoms with Crippen LogP contribution in [0.1, 0.15) is 6.92 Å². The topological polar surface area (TPSA) is 62.4 Å². The number of anilines is 2. The van der Waals surface area contributed by atoms with Crippen LogP contribution in [0.15, 0.2) is 16.7 Å². The van der Waals surface area contributed by atoms with Crippen LogP contribution in [0.4, 0.5) is 11.5 Å². The van der Waals surface area contributed by atoms with Gasteiger partial charge in [-0.05, 0) is 28.9 Å². The fourth-order valence-corrected chi connectivity index (χ4v) is 1.88. The van der Waals surface area contributed by atoms with Crippen molar-refractivity contribution in [2.75, 3.05) is 24.2 Å². The van der Waals surface area contributed by atoms with Crippen LogP contribution in [0.25, 0.3) is 0 Å². The molecular weight excluding hydrogens is 246 g/mol. The van der Waals surface area contributed by atoms with Crippen LogP contribution in [0.2, 0.25) is 0 Å². The lowest BCUT2D eigenvalue weighted by molar-refractivity contribution is 0.201. The molecule has 4 nitrogen and oxygen atoms in total. The molecule has 0 radical (unpaired) electrons. The van der Waals surface area contributed by atoms with Crippen LogP contribution in [-0.2, 0) is 0 Å². The van der Waals surface area contributed by atoms with Crippen LogP contribution < -0.4 is 10.6 Å². The number of pyridine rings is 1. The van der Waals surface area contributed by atoms with Gasteiger partial charge in [0.15, 0.2) is 0 Å². The summed E-state index contributed by atoms with van der Waals surface area (Å²) in [4.78, 5) is 6.04. The smallest absolute Gasteiger partial charge is 0.142 e. The molecule has 1 aromatic rings. The molecule has 1 atom stereocenters. The monoisotopic (exact) mass is 259 g/mol. The van der Waals surface area contributed by atoms with Gasteiger partial charge in [0.25, 0.3) is 0 Å². The highest BCUT2D eigenvalue weighted by Crippen LogP contribution is 2.24. The summed E-state index contributed by atoms with van der Waals surface area (Å²) in [6.45, 7) is 2.28. The fraction of sp³-hybridized carbons (Fsp3) is 0.444. The van der Waals surface area contributed by atoms with Gasteiger partial charge in [-0.2, -0.15) is 0 Å². The second kappa shape index (κ2) is 4.61. The third kappa shape index (κ3) is 2.85. The lowest BCUT2D eigenvalue weighted by Gasteiger charge is -2.20. The first-order chi connectivity index (χ1) is 6.50. The van der Waals surface area contributed by atoms with Crippen molar-refractivity contribution < 1.29 is 5.11 Å². The minimum atomic E-state index is -0.383. The molecular formula is C9H14BrN3O. The summed E-state index contributed by atoms with van der Waals surface area (Å²) in [5.74, 6) is 0.778. The predicted molar refractivity (Wildman–Crippen MR) is 61.3 cm³/mol. The summed E-state index contributed by atoms with van der Waals surface area (Å²) >= 11 is 3.37. The van der Waals surface area contributed by atoms with Gasteiger partial charge in [0.2, 0.25) is 0 Å². The zero-order valence-corrected chi connectivity index (χ0v) is 9.82. The number of likely N-dealkylation sites (N-methyl/N-ethyl adjacent to an activating group) is 1. The van der Waals surface area contributed by atoms with Gasteiger partial charge < -0.3 is 15.7 Å². The molecule has 5 heteroatoms. The molecule has 1 aromatic heterocycles. The molecule has 1 rings (SSSR count). The Balaban J connectivity index is 2.84. The van der Waals surface area contributed by atoms with Crippen molar-refractivity contribution in [3.05, 3.63) is 16.7 Å². The standard InChI is InChI=1S/C9H14BrN3O/c1-6(14)5-13(2)9-8(10)3-7(11)4-12-9/h3-4,6,14H,5,11H2,1-2H3. The molecule has 3 N–H and O–H groups in total. The molecule has 14 heavy (non-hydrogen) atoms. The van der Waals surface area contributed by atoms with Crippen LogP contribution in [0, 0.1) is 0 Å². The Morgan fingerprint density at radius 2 is 2.36 bits per heavy atom. The maximum atomic E-state index is 9.22. The lowest BCUT2D eigenvalue weighted by atomic mass is 10.3. The third-order valence-corrected chi connectivity index (χ3v) is 2.33. The highest BCUT2D eigenvalue weighted by atomic mass is 79.9. The van der Waals surface area contributed by atoms with E-state index in [1.807, 2.05) is 11.9 Å². The Morgan fingerprint density at radius 1 is 1.71 bits per heavy atom. The van der Waals surface area contributed by atoms with Crippen LogP contribution in [0.3, 0.4) is 0 Å². The molecule has 0 aromatic carbocycles. The Hall–Kier alpha value is -0.810. The van der Waals surface area contributed by atoms with Crippen LogP contribution in [-0.4, -0.2) is 29.8 Å². The number of nitrogen functional groups attached to an aromatic ring is 1. The molecule has 78 valence electrons. The maximum absolute atomic E-state index is 9.22. The number of nitrogens with two attached hydrogens (primary N) is 1. The zero-order valence-electron chi connectivity index (χ0n) is 8.24. The van der Waals surface area contributed by atoms with E-state index in [9.17, 15) is 5.11 Å². The van der Waals surface area contributed by atoms with E-state index in [4.69, 9.17) is 5.73 Å². The van der Waals surface area contributed by atoms with Gasteiger partial charge in [0, 0.05) is 13.6 Å². The lowest BCUT2D eigenvalue weighted by Crippen LogP contribution is -2.27. The van der Waals surface area contributed by atoms with Gasteiger partial charge in [0.1, 0.15) is 5.82 Å². The fourth-order valence-electron chi connectivity index (χ4n) is 1.21. The minimum absolute atomic E-state index is 0.383. The number of aromatic nitrogens is 1. The normalized spacial score (nSPS) is 12.6. The molecule has 0 saturated heterocycles. The largest absolute Gasteiger partial charge is 0.397 e. The number of rotatable bonds is 3. The first-order valence-electron chi connectivity index (χ1n) is 4.31. The average Bonchev–Trinajstić information content (AvgIpc) is 2.01. The van der Waals surface area contributed by atoms with Crippen LogP contribution in [0.5, 0.6) is 0 Å². The van der Waals surface area contributed by atoms with Crippen LogP contribution >= 0.6 is 15.9 Å². The van der Waals surface area contributed by atoms with Crippen molar-refractivity contribution in [3.8, 4) is 0 Å². The van der Waals surface area contributed by atoms with E-state index >= 15 is 0 Å². The number of aliphatic hydroxyl groups excluding tert-OH is 1. The van der Waals surface area contributed by atoms with Crippen molar-refractivity contribution in [3.63, 3.8) is 0 Å². The number of aliphatic hydroxyl groups is 1. The Morgan fingerprint density at radius 3 is 2.86 bits per heavy atom. The average molecular weight is 260 g/mol. The molecule has 0 spiro atoms. The number of hydrogen-bond donors (Lipinski definition) is 2. The molecule has 0 aliphatic rings. The Bertz CT molecular complexity index is 317. The molecule has 0 aliphatic carbocycles. The second-order valence-electron chi connectivity index (χ2n) is 3.30. The van der Waals surface area contributed by atoms with Crippen molar-refractivity contribution in [1.82, 2.24) is 4.98 Å². The second-order valence-corrected chi connectivity index (χ2v) is 4.16. The van der Waals surface area contributed by atoms with Crippen molar-refractivity contribution in [2.45, 2.75) is 13.0 Å². The summed E-state index contributed by atoms with van der Waals surface area (Å²) in [5, 5.41) is 9.22. The molecule has 1 unspecified atom stereocenters. The van der Waals surface area contributed by atoms with Gasteiger partial charge in [-0.15, -0.1) is 0 Å². The van der Waals surface area contributed by atoms with E-state index in [1.54, 1.807) is 19.2 Å². The summed E-state index contributed by atoms with van der Waals surface area (Å²) < 4.78 is 0.834. The summed E-state index contributed by atoms with van der Waals surface area (Å²) in [5.41, 5.74) is 6.19. The Kier molecular flexibility index (Phi) is 3.71. The molecule has 0 bridgehead atoms. The van der Waals surface area contributed by atoms with Gasteiger partial charge in [0.05, 0.1) is 22.5 Å². The third-order valence-electron chi connectivity index (χ3n) is 1.74. The summed E-state index contributed by atoms with van der Waals surface area (Å²) in [7, 11) is 1.87. The minimum Gasteiger partial charge on any atom is -0.397 e. The van der Waals surface area contributed by atoms with E-state index in [0.29, 0.717) is 12.2 Å². The molecule has 0 aliphatic heterocycles. The summed E-state index contributed by atoms with van der Waals surface area (Å²) in [6, 6.07) is 1.79. The van der Waals surface area contributed by atoms with E-state index in [2.05, 4.69) is 20.9 Å². The molecule has 0 amide bonds.